The topological polar surface area (TPSA) is 25.8 Å². The summed E-state index contributed by atoms with van der Waals surface area (Å²) >= 11 is 0. The Morgan fingerprint density at radius 3 is 2.56 bits per heavy atom. The molecular formula is C16H22N2. The van der Waals surface area contributed by atoms with E-state index in [4.69, 9.17) is 6.42 Å². The van der Waals surface area contributed by atoms with Gasteiger partial charge in [0.1, 0.15) is 5.69 Å². The van der Waals surface area contributed by atoms with E-state index in [2.05, 4.69) is 29.1 Å². The van der Waals surface area contributed by atoms with Crippen molar-refractivity contribution in [1.82, 2.24) is 10.2 Å². The van der Waals surface area contributed by atoms with Crippen molar-refractivity contribution in [3.05, 3.63) is 23.5 Å². The molecule has 1 aliphatic rings. The van der Waals surface area contributed by atoms with E-state index in [0.29, 0.717) is 11.6 Å². The summed E-state index contributed by atoms with van der Waals surface area (Å²) in [5, 5.41) is 8.32. The van der Waals surface area contributed by atoms with E-state index in [1.807, 2.05) is 6.07 Å². The minimum absolute atomic E-state index is 0.599. The Morgan fingerprint density at radius 2 is 2.00 bits per heavy atom. The van der Waals surface area contributed by atoms with Crippen LogP contribution >= 0.6 is 0 Å². The molecule has 2 rings (SSSR count). The summed E-state index contributed by atoms with van der Waals surface area (Å²) < 4.78 is 0. The summed E-state index contributed by atoms with van der Waals surface area (Å²) in [4.78, 5) is 0. The number of unbranched alkanes of at least 4 members (excludes halogenated alkanes) is 1. The van der Waals surface area contributed by atoms with Gasteiger partial charge in [-0.15, -0.1) is 11.5 Å². The molecule has 1 aromatic heterocycles. The molecule has 1 aliphatic carbocycles. The van der Waals surface area contributed by atoms with Crippen LogP contribution < -0.4 is 0 Å². The zero-order valence-electron chi connectivity index (χ0n) is 11.2. The number of rotatable bonds is 4. The first-order valence-corrected chi connectivity index (χ1v) is 7.13. The van der Waals surface area contributed by atoms with E-state index < -0.39 is 0 Å². The fraction of sp³-hybridized carbons (Fsp3) is 0.625. The Labute approximate surface area is 110 Å². The van der Waals surface area contributed by atoms with Gasteiger partial charge in [-0.05, 0) is 49.7 Å². The van der Waals surface area contributed by atoms with Gasteiger partial charge in [0.05, 0.1) is 5.69 Å². The molecule has 0 atom stereocenters. The lowest BCUT2D eigenvalue weighted by Gasteiger charge is -2.27. The van der Waals surface area contributed by atoms with E-state index in [1.165, 1.54) is 44.9 Å². The molecule has 2 nitrogen and oxygen atoms in total. The second kappa shape index (κ2) is 6.54. The van der Waals surface area contributed by atoms with Gasteiger partial charge in [-0.25, -0.2) is 0 Å². The quantitative estimate of drug-likeness (QED) is 0.748. The molecule has 1 heterocycles. The van der Waals surface area contributed by atoms with Gasteiger partial charge in [0, 0.05) is 5.92 Å². The molecule has 0 saturated heterocycles. The van der Waals surface area contributed by atoms with Crippen LogP contribution in [0.3, 0.4) is 0 Å². The fourth-order valence-electron chi connectivity index (χ4n) is 2.88. The highest BCUT2D eigenvalue weighted by Gasteiger charge is 2.22. The highest BCUT2D eigenvalue weighted by atomic mass is 15.1. The maximum atomic E-state index is 5.29. The Kier molecular flexibility index (Phi) is 4.75. The van der Waals surface area contributed by atoms with Crippen LogP contribution in [0.1, 0.15) is 69.2 Å². The minimum atomic E-state index is 0.599. The van der Waals surface area contributed by atoms with Gasteiger partial charge in [0.15, 0.2) is 0 Å². The average Bonchev–Trinajstić information content (AvgIpc) is 2.46. The molecule has 0 amide bonds. The summed E-state index contributed by atoms with van der Waals surface area (Å²) in [6, 6.07) is 3.96. The first-order valence-electron chi connectivity index (χ1n) is 7.13. The van der Waals surface area contributed by atoms with E-state index >= 15 is 0 Å². The van der Waals surface area contributed by atoms with Gasteiger partial charge in [-0.2, -0.15) is 5.10 Å². The molecule has 1 saturated carbocycles. The minimum Gasteiger partial charge on any atom is -0.154 e. The highest BCUT2D eigenvalue weighted by Crippen LogP contribution is 2.36. The third-order valence-electron chi connectivity index (χ3n) is 4.06. The second-order valence-electron chi connectivity index (χ2n) is 5.35. The first kappa shape index (κ1) is 13.1. The lowest BCUT2D eigenvalue weighted by molar-refractivity contribution is 0.301. The van der Waals surface area contributed by atoms with Gasteiger partial charge in [0.2, 0.25) is 0 Å². The van der Waals surface area contributed by atoms with Crippen molar-refractivity contribution in [3.8, 4) is 12.3 Å². The van der Waals surface area contributed by atoms with Crippen LogP contribution in [0.4, 0.5) is 0 Å². The molecule has 0 bridgehead atoms. The molecular weight excluding hydrogens is 220 g/mol. The van der Waals surface area contributed by atoms with Crippen molar-refractivity contribution >= 4 is 0 Å². The number of nitrogens with zero attached hydrogens (tertiary/aromatic N) is 2. The maximum absolute atomic E-state index is 5.29. The predicted octanol–water partition coefficient (Wildman–Crippen LogP) is 3.92. The van der Waals surface area contributed by atoms with Crippen LogP contribution in [0.15, 0.2) is 12.1 Å². The molecule has 0 spiro atoms. The third-order valence-corrected chi connectivity index (χ3v) is 4.06. The van der Waals surface area contributed by atoms with Crippen molar-refractivity contribution in [2.75, 3.05) is 0 Å². The second-order valence-corrected chi connectivity index (χ2v) is 5.35. The number of terminal acetylenes is 1. The number of hydrogen-bond acceptors (Lipinski definition) is 2. The summed E-state index contributed by atoms with van der Waals surface area (Å²) in [5.74, 6) is 4.06. The van der Waals surface area contributed by atoms with Crippen LogP contribution in [-0.4, -0.2) is 10.2 Å². The molecule has 18 heavy (non-hydrogen) atoms. The van der Waals surface area contributed by atoms with Gasteiger partial charge >= 0.3 is 0 Å². The SMILES string of the molecule is C#Cc1ccc([C@H]2CC[C@H](CCCC)CC2)nn1. The van der Waals surface area contributed by atoms with Crippen molar-refractivity contribution in [2.24, 2.45) is 5.92 Å². The van der Waals surface area contributed by atoms with Crippen LogP contribution in [0.25, 0.3) is 0 Å². The molecule has 1 fully saturated rings. The van der Waals surface area contributed by atoms with E-state index in [9.17, 15) is 0 Å². The fourth-order valence-corrected chi connectivity index (χ4v) is 2.88. The molecule has 1 aromatic rings. The molecule has 0 N–H and O–H groups in total. The summed E-state index contributed by atoms with van der Waals surface area (Å²) in [5.41, 5.74) is 1.76. The molecule has 2 heteroatoms. The monoisotopic (exact) mass is 242 g/mol. The summed E-state index contributed by atoms with van der Waals surface area (Å²) in [7, 11) is 0. The Bertz CT molecular complexity index is 394. The molecule has 0 unspecified atom stereocenters. The lowest BCUT2D eigenvalue weighted by atomic mass is 9.78. The Morgan fingerprint density at radius 1 is 1.22 bits per heavy atom. The van der Waals surface area contributed by atoms with E-state index in [-0.39, 0.29) is 0 Å². The van der Waals surface area contributed by atoms with Crippen molar-refractivity contribution in [3.63, 3.8) is 0 Å². The van der Waals surface area contributed by atoms with Gasteiger partial charge in [-0.1, -0.05) is 26.2 Å². The van der Waals surface area contributed by atoms with Crippen molar-refractivity contribution < 1.29 is 0 Å². The molecule has 96 valence electrons. The zero-order chi connectivity index (χ0) is 12.8. The van der Waals surface area contributed by atoms with Crippen LogP contribution in [0, 0.1) is 18.3 Å². The standard InChI is InChI=1S/C16H22N2/c1-3-5-6-13-7-9-14(10-8-13)16-12-11-15(4-2)17-18-16/h2,11-14H,3,5-10H2,1H3/t13-,14-. The summed E-state index contributed by atoms with van der Waals surface area (Å²) in [6.07, 6.45) is 14.6. The average molecular weight is 242 g/mol. The van der Waals surface area contributed by atoms with Gasteiger partial charge in [-0.3, -0.25) is 0 Å². The van der Waals surface area contributed by atoms with Gasteiger partial charge < -0.3 is 0 Å². The maximum Gasteiger partial charge on any atom is 0.135 e. The third kappa shape index (κ3) is 3.32. The largest absolute Gasteiger partial charge is 0.154 e. The number of aromatic nitrogens is 2. The number of hydrogen-bond donors (Lipinski definition) is 0. The predicted molar refractivity (Wildman–Crippen MR) is 74.2 cm³/mol. The zero-order valence-corrected chi connectivity index (χ0v) is 11.2. The van der Waals surface area contributed by atoms with E-state index in [1.54, 1.807) is 0 Å². The van der Waals surface area contributed by atoms with Crippen LogP contribution in [-0.2, 0) is 0 Å². The Hall–Kier alpha value is -1.36. The van der Waals surface area contributed by atoms with E-state index in [0.717, 1.165) is 11.6 Å². The van der Waals surface area contributed by atoms with Crippen LogP contribution in [0.5, 0.6) is 0 Å². The van der Waals surface area contributed by atoms with Crippen molar-refractivity contribution in [1.29, 1.82) is 0 Å². The normalized spacial score (nSPS) is 23.6. The first-order chi connectivity index (χ1) is 8.83. The smallest absolute Gasteiger partial charge is 0.135 e. The molecule has 0 radical (unpaired) electrons. The van der Waals surface area contributed by atoms with Crippen LogP contribution in [0.2, 0.25) is 0 Å². The summed E-state index contributed by atoms with van der Waals surface area (Å²) in [6.45, 7) is 2.27. The van der Waals surface area contributed by atoms with Gasteiger partial charge in [0.25, 0.3) is 0 Å². The highest BCUT2D eigenvalue weighted by molar-refractivity contribution is 5.24. The lowest BCUT2D eigenvalue weighted by Crippen LogP contribution is -2.14. The Balaban J connectivity index is 1.87. The van der Waals surface area contributed by atoms with Crippen molar-refractivity contribution in [2.45, 2.75) is 57.8 Å². The molecule has 0 aliphatic heterocycles. The molecule has 0 aromatic carbocycles.